The average Bonchev–Trinajstić information content (AvgIpc) is 2.87. The summed E-state index contributed by atoms with van der Waals surface area (Å²) in [4.78, 5) is 11.4. The van der Waals surface area contributed by atoms with Gasteiger partial charge in [-0.15, -0.1) is 10.2 Å². The number of nitrogens with zero attached hydrogens (tertiary/aromatic N) is 3. The molecule has 1 aliphatic rings. The zero-order valence-corrected chi connectivity index (χ0v) is 13.5. The lowest BCUT2D eigenvalue weighted by Crippen LogP contribution is -2.24. The molecule has 0 saturated heterocycles. The number of benzene rings is 1. The second-order valence-corrected chi connectivity index (χ2v) is 6.44. The third-order valence-corrected chi connectivity index (χ3v) is 4.77. The molecule has 6 nitrogen and oxygen atoms in total. The molecular weight excluding hydrogens is 302 g/mol. The minimum Gasteiger partial charge on any atom is -0.485 e. The van der Waals surface area contributed by atoms with E-state index in [-0.39, 0.29) is 17.1 Å². The Kier molecular flexibility index (Phi) is 4.06. The van der Waals surface area contributed by atoms with Gasteiger partial charge in [-0.2, -0.15) is 0 Å². The zero-order valence-electron chi connectivity index (χ0n) is 12.6. The van der Waals surface area contributed by atoms with Crippen LogP contribution in [0, 0.1) is 0 Å². The van der Waals surface area contributed by atoms with Crippen LogP contribution in [0.5, 0.6) is 11.5 Å². The largest absolute Gasteiger partial charge is 0.485 e. The topological polar surface area (TPSA) is 66.2 Å². The summed E-state index contributed by atoms with van der Waals surface area (Å²) in [5.74, 6) is 2.24. The normalized spacial score (nSPS) is 18.0. The van der Waals surface area contributed by atoms with E-state index >= 15 is 0 Å². The van der Waals surface area contributed by atoms with Gasteiger partial charge in [-0.05, 0) is 26.0 Å². The second-order valence-electron chi connectivity index (χ2n) is 5.13. The Morgan fingerprint density at radius 3 is 2.82 bits per heavy atom. The van der Waals surface area contributed by atoms with Gasteiger partial charge in [-0.25, -0.2) is 0 Å². The van der Waals surface area contributed by atoms with Crippen molar-refractivity contribution in [2.24, 2.45) is 7.05 Å². The molecule has 0 radical (unpaired) electrons. The smallest absolute Gasteiger partial charge is 0.192 e. The summed E-state index contributed by atoms with van der Waals surface area (Å²) in [5, 5.41) is 8.90. The van der Waals surface area contributed by atoms with E-state index in [4.69, 9.17) is 9.47 Å². The molecule has 1 aliphatic heterocycles. The maximum absolute atomic E-state index is 11.4. The molecule has 2 atom stereocenters. The van der Waals surface area contributed by atoms with E-state index in [1.165, 1.54) is 11.8 Å². The molecule has 2 aromatic rings. The van der Waals surface area contributed by atoms with Gasteiger partial charge in [0.05, 0.1) is 5.25 Å². The molecule has 7 heteroatoms. The number of para-hydroxylation sites is 2. The number of ketones is 1. The van der Waals surface area contributed by atoms with Gasteiger partial charge in [-0.3, -0.25) is 4.79 Å². The fourth-order valence-corrected chi connectivity index (χ4v) is 2.92. The number of fused-ring (bicyclic) bond motifs is 1. The molecule has 2 unspecified atom stereocenters. The van der Waals surface area contributed by atoms with Crippen LogP contribution in [-0.4, -0.2) is 32.4 Å². The third-order valence-electron chi connectivity index (χ3n) is 3.52. The first-order chi connectivity index (χ1) is 10.6. The summed E-state index contributed by atoms with van der Waals surface area (Å²) >= 11 is 1.39. The van der Waals surface area contributed by atoms with E-state index in [9.17, 15) is 4.79 Å². The Labute approximate surface area is 132 Å². The Balaban J connectivity index is 1.79. The van der Waals surface area contributed by atoms with E-state index in [1.807, 2.05) is 42.8 Å². The van der Waals surface area contributed by atoms with Crippen LogP contribution in [0.4, 0.5) is 0 Å². The van der Waals surface area contributed by atoms with Crippen molar-refractivity contribution < 1.29 is 14.3 Å². The van der Waals surface area contributed by atoms with Crippen LogP contribution in [0.1, 0.15) is 25.8 Å². The Bertz CT molecular complexity index is 701. The number of aromatic nitrogens is 3. The fraction of sp³-hybridized carbons (Fsp3) is 0.400. The molecule has 116 valence electrons. The number of hydrogen-bond acceptors (Lipinski definition) is 6. The minimum atomic E-state index is -0.311. The van der Waals surface area contributed by atoms with E-state index < -0.39 is 0 Å². The van der Waals surface area contributed by atoms with E-state index in [0.29, 0.717) is 23.3 Å². The van der Waals surface area contributed by atoms with Crippen LogP contribution >= 0.6 is 11.8 Å². The summed E-state index contributed by atoms with van der Waals surface area (Å²) in [7, 11) is 1.87. The van der Waals surface area contributed by atoms with Crippen molar-refractivity contribution >= 4 is 17.5 Å². The highest BCUT2D eigenvalue weighted by atomic mass is 32.2. The number of hydrogen-bond donors (Lipinski definition) is 0. The summed E-state index contributed by atoms with van der Waals surface area (Å²) in [6.07, 6.45) is -0.311. The molecule has 0 amide bonds. The highest BCUT2D eigenvalue weighted by Crippen LogP contribution is 2.36. The maximum atomic E-state index is 11.4. The van der Waals surface area contributed by atoms with Gasteiger partial charge in [0, 0.05) is 7.05 Å². The number of thioether (sulfide) groups is 1. The number of Topliss-reactive ketones (excluding diaryl/α,β-unsaturated/α-hetero) is 1. The maximum Gasteiger partial charge on any atom is 0.192 e. The van der Waals surface area contributed by atoms with Crippen LogP contribution in [0.25, 0.3) is 0 Å². The molecular formula is C15H17N3O3S. The molecule has 0 aliphatic carbocycles. The predicted octanol–water partition coefficient (Wildman–Crippen LogP) is 2.40. The first-order valence-corrected chi connectivity index (χ1v) is 7.89. The lowest BCUT2D eigenvalue weighted by Gasteiger charge is -2.25. The summed E-state index contributed by atoms with van der Waals surface area (Å²) in [6, 6.07) is 7.54. The van der Waals surface area contributed by atoms with Crippen LogP contribution in [-0.2, 0) is 11.8 Å². The van der Waals surface area contributed by atoms with Crippen molar-refractivity contribution in [3.8, 4) is 11.5 Å². The summed E-state index contributed by atoms with van der Waals surface area (Å²) < 4.78 is 13.5. The summed E-state index contributed by atoms with van der Waals surface area (Å²) in [6.45, 7) is 3.82. The van der Waals surface area contributed by atoms with Gasteiger partial charge in [-0.1, -0.05) is 23.9 Å². The van der Waals surface area contributed by atoms with Gasteiger partial charge in [0.15, 0.2) is 28.6 Å². The molecule has 0 bridgehead atoms. The average molecular weight is 319 g/mol. The molecule has 2 heterocycles. The van der Waals surface area contributed by atoms with Gasteiger partial charge in [0.25, 0.3) is 0 Å². The van der Waals surface area contributed by atoms with E-state index in [1.54, 1.807) is 6.92 Å². The lowest BCUT2D eigenvalue weighted by atomic mass is 10.2. The summed E-state index contributed by atoms with van der Waals surface area (Å²) in [5.41, 5.74) is 0. The molecule has 1 aromatic heterocycles. The third kappa shape index (κ3) is 2.81. The number of ether oxygens (including phenoxy) is 2. The molecule has 3 rings (SSSR count). The van der Waals surface area contributed by atoms with Gasteiger partial charge >= 0.3 is 0 Å². The van der Waals surface area contributed by atoms with Crippen molar-refractivity contribution in [1.29, 1.82) is 0 Å². The fourth-order valence-electron chi connectivity index (χ4n) is 2.10. The minimum absolute atomic E-state index is 0.112. The Morgan fingerprint density at radius 1 is 1.36 bits per heavy atom. The van der Waals surface area contributed by atoms with Gasteiger partial charge < -0.3 is 14.0 Å². The molecule has 0 saturated carbocycles. The quantitative estimate of drug-likeness (QED) is 0.806. The van der Waals surface area contributed by atoms with E-state index in [2.05, 4.69) is 10.2 Å². The molecule has 0 spiro atoms. The van der Waals surface area contributed by atoms with Crippen molar-refractivity contribution in [3.63, 3.8) is 0 Å². The van der Waals surface area contributed by atoms with Gasteiger partial charge in [0.2, 0.25) is 0 Å². The standard InChI is InChI=1S/C15H17N3O3S/c1-9(19)10(2)22-15-17-16-14(18(15)3)13-8-20-11-6-4-5-7-12(11)21-13/h4-7,10,13H,8H2,1-3H3. The lowest BCUT2D eigenvalue weighted by molar-refractivity contribution is -0.116. The predicted molar refractivity (Wildman–Crippen MR) is 82.3 cm³/mol. The number of carbonyl (C=O) groups is 1. The van der Waals surface area contributed by atoms with Crippen molar-refractivity contribution in [3.05, 3.63) is 30.1 Å². The second kappa shape index (κ2) is 6.00. The zero-order chi connectivity index (χ0) is 15.7. The molecule has 0 fully saturated rings. The first-order valence-electron chi connectivity index (χ1n) is 7.01. The van der Waals surface area contributed by atoms with Crippen molar-refractivity contribution in [2.45, 2.75) is 30.4 Å². The van der Waals surface area contributed by atoms with Crippen LogP contribution < -0.4 is 9.47 Å². The number of carbonyl (C=O) groups excluding carboxylic acids is 1. The molecule has 0 N–H and O–H groups in total. The van der Waals surface area contributed by atoms with Gasteiger partial charge in [0.1, 0.15) is 12.4 Å². The SMILES string of the molecule is CC(=O)C(C)Sc1nnc(C2COc3ccccc3O2)n1C. The highest BCUT2D eigenvalue weighted by molar-refractivity contribution is 8.00. The van der Waals surface area contributed by atoms with Crippen molar-refractivity contribution in [2.75, 3.05) is 6.61 Å². The Hall–Kier alpha value is -2.02. The molecule has 22 heavy (non-hydrogen) atoms. The molecule has 1 aromatic carbocycles. The highest BCUT2D eigenvalue weighted by Gasteiger charge is 2.28. The van der Waals surface area contributed by atoms with E-state index in [0.717, 1.165) is 5.75 Å². The number of rotatable bonds is 4. The monoisotopic (exact) mass is 319 g/mol. The van der Waals surface area contributed by atoms with Crippen molar-refractivity contribution in [1.82, 2.24) is 14.8 Å². The first kappa shape index (κ1) is 14.9. The Morgan fingerprint density at radius 2 is 2.09 bits per heavy atom. The van der Waals surface area contributed by atoms with Crippen LogP contribution in [0.3, 0.4) is 0 Å². The van der Waals surface area contributed by atoms with Crippen LogP contribution in [0.2, 0.25) is 0 Å². The van der Waals surface area contributed by atoms with Crippen LogP contribution in [0.15, 0.2) is 29.4 Å².